The highest BCUT2D eigenvalue weighted by Crippen LogP contribution is 2.12. The lowest BCUT2D eigenvalue weighted by Gasteiger charge is -2.11. The molecule has 0 amide bonds. The van der Waals surface area contributed by atoms with E-state index in [0.717, 1.165) is 25.7 Å². The van der Waals surface area contributed by atoms with Crippen molar-refractivity contribution in [2.45, 2.75) is 116 Å². The van der Waals surface area contributed by atoms with Gasteiger partial charge in [-0.2, -0.15) is 0 Å². The van der Waals surface area contributed by atoms with Gasteiger partial charge in [0.1, 0.15) is 6.04 Å². The standard InChI is InChI=1S/C21H44N2O2/c1-2-3-4-5-6-7-8-9-10-11-12-13-16-19-25-21(24)20(23)17-14-15-18-22/h20H,2-19,22-23H2,1H3/t20-/m0/s1. The summed E-state index contributed by atoms with van der Waals surface area (Å²) < 4.78 is 5.24. The van der Waals surface area contributed by atoms with Gasteiger partial charge < -0.3 is 16.2 Å². The number of ether oxygens (including phenoxy) is 1. The monoisotopic (exact) mass is 356 g/mol. The van der Waals surface area contributed by atoms with E-state index in [1.165, 1.54) is 70.6 Å². The van der Waals surface area contributed by atoms with Gasteiger partial charge in [-0.15, -0.1) is 0 Å². The fourth-order valence-corrected chi connectivity index (χ4v) is 3.03. The predicted molar refractivity (Wildman–Crippen MR) is 108 cm³/mol. The van der Waals surface area contributed by atoms with Crippen molar-refractivity contribution in [2.75, 3.05) is 13.2 Å². The van der Waals surface area contributed by atoms with Crippen LogP contribution in [0, 0.1) is 0 Å². The first-order valence-corrected chi connectivity index (χ1v) is 10.8. The average molecular weight is 357 g/mol. The van der Waals surface area contributed by atoms with E-state index in [0.29, 0.717) is 19.6 Å². The maximum Gasteiger partial charge on any atom is 0.322 e. The van der Waals surface area contributed by atoms with Crippen LogP contribution in [0.4, 0.5) is 0 Å². The highest BCUT2D eigenvalue weighted by molar-refractivity contribution is 5.75. The molecule has 0 unspecified atom stereocenters. The van der Waals surface area contributed by atoms with Crippen LogP contribution in [0.3, 0.4) is 0 Å². The largest absolute Gasteiger partial charge is 0.465 e. The molecule has 0 aromatic heterocycles. The molecule has 0 rings (SSSR count). The van der Waals surface area contributed by atoms with E-state index < -0.39 is 6.04 Å². The quantitative estimate of drug-likeness (QED) is 0.250. The lowest BCUT2D eigenvalue weighted by atomic mass is 10.0. The van der Waals surface area contributed by atoms with Crippen molar-refractivity contribution >= 4 is 5.97 Å². The van der Waals surface area contributed by atoms with Gasteiger partial charge in [-0.25, -0.2) is 0 Å². The van der Waals surface area contributed by atoms with E-state index in [2.05, 4.69) is 6.92 Å². The Hall–Kier alpha value is -0.610. The van der Waals surface area contributed by atoms with Crippen LogP contribution in [-0.4, -0.2) is 25.2 Å². The van der Waals surface area contributed by atoms with Crippen molar-refractivity contribution in [3.8, 4) is 0 Å². The van der Waals surface area contributed by atoms with Crippen LogP contribution in [0.25, 0.3) is 0 Å². The second-order valence-corrected chi connectivity index (χ2v) is 7.30. The summed E-state index contributed by atoms with van der Waals surface area (Å²) in [5.41, 5.74) is 11.2. The third kappa shape index (κ3) is 18.0. The molecule has 0 aromatic rings. The van der Waals surface area contributed by atoms with Crippen LogP contribution < -0.4 is 11.5 Å². The van der Waals surface area contributed by atoms with E-state index in [9.17, 15) is 4.79 Å². The van der Waals surface area contributed by atoms with Crippen LogP contribution in [-0.2, 0) is 9.53 Å². The lowest BCUT2D eigenvalue weighted by Crippen LogP contribution is -2.32. The zero-order chi connectivity index (χ0) is 18.6. The van der Waals surface area contributed by atoms with E-state index >= 15 is 0 Å². The molecule has 0 spiro atoms. The number of carbonyl (C=O) groups is 1. The molecule has 0 aliphatic heterocycles. The molecular weight excluding hydrogens is 312 g/mol. The highest BCUT2D eigenvalue weighted by Gasteiger charge is 2.13. The second-order valence-electron chi connectivity index (χ2n) is 7.30. The maximum atomic E-state index is 11.7. The van der Waals surface area contributed by atoms with Crippen molar-refractivity contribution in [3.05, 3.63) is 0 Å². The number of hydrogen-bond donors (Lipinski definition) is 2. The summed E-state index contributed by atoms with van der Waals surface area (Å²) in [6.45, 7) is 3.44. The summed E-state index contributed by atoms with van der Waals surface area (Å²) in [5.74, 6) is -0.254. The fourth-order valence-electron chi connectivity index (χ4n) is 3.03. The molecule has 0 heterocycles. The number of nitrogens with two attached hydrogens (primary N) is 2. The first-order valence-electron chi connectivity index (χ1n) is 10.8. The topological polar surface area (TPSA) is 78.3 Å². The van der Waals surface area contributed by atoms with Gasteiger partial charge in [0, 0.05) is 0 Å². The number of hydrogen-bond acceptors (Lipinski definition) is 4. The molecule has 0 saturated carbocycles. The van der Waals surface area contributed by atoms with Gasteiger partial charge in [0.15, 0.2) is 0 Å². The zero-order valence-corrected chi connectivity index (χ0v) is 16.8. The molecular formula is C21H44N2O2. The molecule has 4 N–H and O–H groups in total. The van der Waals surface area contributed by atoms with Crippen molar-refractivity contribution in [1.82, 2.24) is 0 Å². The fraction of sp³-hybridized carbons (Fsp3) is 0.952. The van der Waals surface area contributed by atoms with Gasteiger partial charge in [-0.05, 0) is 25.8 Å². The summed E-state index contributed by atoms with van der Waals surface area (Å²) >= 11 is 0. The molecule has 0 aliphatic rings. The Morgan fingerprint density at radius 3 is 1.72 bits per heavy atom. The Kier molecular flexibility index (Phi) is 19.2. The van der Waals surface area contributed by atoms with Crippen LogP contribution in [0.15, 0.2) is 0 Å². The van der Waals surface area contributed by atoms with Crippen molar-refractivity contribution in [1.29, 1.82) is 0 Å². The van der Waals surface area contributed by atoms with Gasteiger partial charge in [0.25, 0.3) is 0 Å². The molecule has 0 aliphatic carbocycles. The molecule has 25 heavy (non-hydrogen) atoms. The van der Waals surface area contributed by atoms with Crippen molar-refractivity contribution < 1.29 is 9.53 Å². The highest BCUT2D eigenvalue weighted by atomic mass is 16.5. The molecule has 150 valence electrons. The number of rotatable bonds is 19. The van der Waals surface area contributed by atoms with Gasteiger partial charge >= 0.3 is 5.97 Å². The first-order chi connectivity index (χ1) is 12.2. The minimum absolute atomic E-state index is 0.254. The molecule has 4 nitrogen and oxygen atoms in total. The second kappa shape index (κ2) is 19.7. The minimum atomic E-state index is -0.478. The van der Waals surface area contributed by atoms with Crippen LogP contribution in [0.1, 0.15) is 110 Å². The number of carbonyl (C=O) groups excluding carboxylic acids is 1. The number of unbranched alkanes of at least 4 members (excludes halogenated alkanes) is 13. The van der Waals surface area contributed by atoms with E-state index in [4.69, 9.17) is 16.2 Å². The zero-order valence-electron chi connectivity index (χ0n) is 16.8. The molecule has 0 fully saturated rings. The average Bonchev–Trinajstić information content (AvgIpc) is 2.61. The third-order valence-corrected chi connectivity index (χ3v) is 4.76. The molecule has 0 aromatic carbocycles. The van der Waals surface area contributed by atoms with Crippen molar-refractivity contribution in [2.24, 2.45) is 11.5 Å². The molecule has 0 saturated heterocycles. The summed E-state index contributed by atoms with van der Waals surface area (Å²) in [5, 5.41) is 0. The summed E-state index contributed by atoms with van der Waals surface area (Å²) in [4.78, 5) is 11.7. The smallest absolute Gasteiger partial charge is 0.322 e. The van der Waals surface area contributed by atoms with E-state index in [1.807, 2.05) is 0 Å². The lowest BCUT2D eigenvalue weighted by molar-refractivity contribution is -0.145. The summed E-state index contributed by atoms with van der Waals surface area (Å²) in [6.07, 6.45) is 19.7. The minimum Gasteiger partial charge on any atom is -0.465 e. The Morgan fingerprint density at radius 1 is 0.760 bits per heavy atom. The summed E-state index contributed by atoms with van der Waals surface area (Å²) in [7, 11) is 0. The normalized spacial score (nSPS) is 12.3. The van der Waals surface area contributed by atoms with Crippen LogP contribution >= 0.6 is 0 Å². The van der Waals surface area contributed by atoms with Crippen LogP contribution in [0.2, 0.25) is 0 Å². The third-order valence-electron chi connectivity index (χ3n) is 4.76. The Bertz CT molecular complexity index is 285. The molecule has 0 bridgehead atoms. The van der Waals surface area contributed by atoms with Gasteiger partial charge in [-0.1, -0.05) is 90.4 Å². The first kappa shape index (κ1) is 24.4. The van der Waals surface area contributed by atoms with Crippen molar-refractivity contribution in [3.63, 3.8) is 0 Å². The molecule has 1 atom stereocenters. The number of esters is 1. The molecule has 0 radical (unpaired) electrons. The summed E-state index contributed by atoms with van der Waals surface area (Å²) in [6, 6.07) is -0.478. The van der Waals surface area contributed by atoms with Crippen LogP contribution in [0.5, 0.6) is 0 Å². The van der Waals surface area contributed by atoms with Gasteiger partial charge in [0.05, 0.1) is 6.61 Å². The SMILES string of the molecule is CCCCCCCCCCCCCCCOC(=O)[C@@H](N)CCCCN. The van der Waals surface area contributed by atoms with E-state index in [-0.39, 0.29) is 5.97 Å². The maximum absolute atomic E-state index is 11.7. The van der Waals surface area contributed by atoms with Gasteiger partial charge in [0.2, 0.25) is 0 Å². The predicted octanol–water partition coefficient (Wildman–Crippen LogP) is 5.08. The molecule has 4 heteroatoms. The van der Waals surface area contributed by atoms with Gasteiger partial charge in [-0.3, -0.25) is 4.79 Å². The Labute approximate surface area is 156 Å². The van der Waals surface area contributed by atoms with E-state index in [1.54, 1.807) is 0 Å². The Balaban J connectivity index is 3.21. The Morgan fingerprint density at radius 2 is 1.24 bits per heavy atom.